The van der Waals surface area contributed by atoms with E-state index in [9.17, 15) is 18.0 Å². The van der Waals surface area contributed by atoms with Gasteiger partial charge in [0.1, 0.15) is 6.54 Å². The number of aromatic nitrogens is 1. The average Bonchev–Trinajstić information content (AvgIpc) is 2.35. The third kappa shape index (κ3) is 4.22. The van der Waals surface area contributed by atoms with Crippen molar-refractivity contribution < 1.29 is 22.5 Å². The lowest BCUT2D eigenvalue weighted by molar-refractivity contribution is -0.685. The summed E-state index contributed by atoms with van der Waals surface area (Å²) in [5.74, 6) is -0.627. The van der Waals surface area contributed by atoms with Crippen molar-refractivity contribution in [3.8, 4) is 0 Å². The Bertz CT molecular complexity index is 471. The molecule has 2 rings (SSSR count). The van der Waals surface area contributed by atoms with Crippen molar-refractivity contribution in [1.29, 1.82) is 0 Å². The number of nitrogens with one attached hydrogen (secondary N) is 1. The summed E-state index contributed by atoms with van der Waals surface area (Å²) >= 11 is 0. The number of fused-ring (bicyclic) bond motifs is 1. The minimum absolute atomic E-state index is 0.0800. The number of rotatable bonds is 3. The van der Waals surface area contributed by atoms with Crippen LogP contribution in [0, 0.1) is 0 Å². The molecule has 0 spiro atoms. The highest BCUT2D eigenvalue weighted by atomic mass is 19.4. The van der Waals surface area contributed by atoms with Crippen molar-refractivity contribution in [2.45, 2.75) is 38.4 Å². The zero-order chi connectivity index (χ0) is 13.9. The van der Waals surface area contributed by atoms with Crippen molar-refractivity contribution in [1.82, 2.24) is 5.32 Å². The van der Waals surface area contributed by atoms with E-state index in [-0.39, 0.29) is 6.54 Å². The lowest BCUT2D eigenvalue weighted by Gasteiger charge is -2.13. The molecule has 1 aromatic heterocycles. The molecular weight excluding hydrogens is 257 g/mol. The summed E-state index contributed by atoms with van der Waals surface area (Å²) in [5, 5.41) is 1.87. The molecule has 1 aliphatic rings. The molecule has 0 saturated heterocycles. The Morgan fingerprint density at radius 1 is 1.26 bits per heavy atom. The van der Waals surface area contributed by atoms with Crippen LogP contribution in [0.1, 0.15) is 24.0 Å². The van der Waals surface area contributed by atoms with Gasteiger partial charge < -0.3 is 5.32 Å². The molecule has 0 aliphatic heterocycles. The monoisotopic (exact) mass is 273 g/mol. The summed E-state index contributed by atoms with van der Waals surface area (Å²) in [6, 6.07) is 1.95. The molecule has 6 heteroatoms. The molecule has 0 fully saturated rings. The SMILES string of the molecule is O=C(C[n+]1ccc2c(c1)CCCC2)NCC(F)(F)F. The van der Waals surface area contributed by atoms with E-state index in [0.29, 0.717) is 0 Å². The fourth-order valence-corrected chi connectivity index (χ4v) is 2.24. The van der Waals surface area contributed by atoms with Gasteiger partial charge in [-0.15, -0.1) is 0 Å². The topological polar surface area (TPSA) is 33.0 Å². The zero-order valence-electron chi connectivity index (χ0n) is 10.5. The van der Waals surface area contributed by atoms with Crippen LogP contribution >= 0.6 is 0 Å². The maximum Gasteiger partial charge on any atom is 0.405 e. The predicted octanol–water partition coefficient (Wildman–Crippen LogP) is 1.53. The summed E-state index contributed by atoms with van der Waals surface area (Å²) in [6.45, 7) is -1.36. The number of carbonyl (C=O) groups excluding carboxylic acids is 1. The van der Waals surface area contributed by atoms with Gasteiger partial charge >= 0.3 is 6.18 Å². The van der Waals surface area contributed by atoms with E-state index >= 15 is 0 Å². The summed E-state index contributed by atoms with van der Waals surface area (Å²) in [4.78, 5) is 11.4. The maximum absolute atomic E-state index is 12.0. The van der Waals surface area contributed by atoms with Crippen LogP contribution in [-0.2, 0) is 24.2 Å². The molecule has 104 valence electrons. The normalized spacial score (nSPS) is 14.9. The molecule has 0 saturated carbocycles. The molecule has 0 atom stereocenters. The molecule has 1 amide bonds. The third-order valence-electron chi connectivity index (χ3n) is 3.16. The Labute approximate surface area is 109 Å². The van der Waals surface area contributed by atoms with Crippen LogP contribution in [0.4, 0.5) is 13.2 Å². The van der Waals surface area contributed by atoms with E-state index in [2.05, 4.69) is 0 Å². The zero-order valence-corrected chi connectivity index (χ0v) is 10.5. The molecule has 1 N–H and O–H groups in total. The van der Waals surface area contributed by atoms with Crippen molar-refractivity contribution in [3.63, 3.8) is 0 Å². The van der Waals surface area contributed by atoms with E-state index in [1.807, 2.05) is 17.6 Å². The molecule has 0 bridgehead atoms. The summed E-state index contributed by atoms with van der Waals surface area (Å²) in [5.41, 5.74) is 2.47. The Hall–Kier alpha value is -1.59. The van der Waals surface area contributed by atoms with E-state index < -0.39 is 18.6 Å². The van der Waals surface area contributed by atoms with Gasteiger partial charge in [0.25, 0.3) is 5.91 Å². The van der Waals surface area contributed by atoms with Crippen LogP contribution in [0.15, 0.2) is 18.5 Å². The lowest BCUT2D eigenvalue weighted by atomic mass is 9.93. The van der Waals surface area contributed by atoms with Gasteiger partial charge in [-0.3, -0.25) is 4.79 Å². The van der Waals surface area contributed by atoms with Crippen LogP contribution in [0.3, 0.4) is 0 Å². The number of amides is 1. The highest BCUT2D eigenvalue weighted by Crippen LogP contribution is 2.18. The highest BCUT2D eigenvalue weighted by molar-refractivity contribution is 5.74. The van der Waals surface area contributed by atoms with Gasteiger partial charge in [0.2, 0.25) is 6.54 Å². The number of carbonyl (C=O) groups is 1. The summed E-state index contributed by atoms with van der Waals surface area (Å²) in [7, 11) is 0. The van der Waals surface area contributed by atoms with Gasteiger partial charge in [0, 0.05) is 11.6 Å². The minimum Gasteiger partial charge on any atom is -0.341 e. The van der Waals surface area contributed by atoms with Gasteiger partial charge in [0.05, 0.1) is 0 Å². The van der Waals surface area contributed by atoms with Gasteiger partial charge in [0.15, 0.2) is 12.4 Å². The van der Waals surface area contributed by atoms with Crippen molar-refractivity contribution >= 4 is 5.91 Å². The number of hydrogen-bond acceptors (Lipinski definition) is 1. The average molecular weight is 273 g/mol. The maximum atomic E-state index is 12.0. The van der Waals surface area contributed by atoms with Crippen LogP contribution in [-0.4, -0.2) is 18.6 Å². The lowest BCUT2D eigenvalue weighted by Crippen LogP contribution is -2.45. The molecule has 1 aromatic rings. The van der Waals surface area contributed by atoms with Crippen LogP contribution < -0.4 is 9.88 Å². The Balaban J connectivity index is 1.94. The first-order valence-electron chi connectivity index (χ1n) is 6.28. The van der Waals surface area contributed by atoms with Crippen LogP contribution in [0.5, 0.6) is 0 Å². The predicted molar refractivity (Wildman–Crippen MR) is 62.3 cm³/mol. The largest absolute Gasteiger partial charge is 0.405 e. The van der Waals surface area contributed by atoms with Crippen LogP contribution in [0.25, 0.3) is 0 Å². The second-order valence-electron chi connectivity index (χ2n) is 4.77. The van der Waals surface area contributed by atoms with Gasteiger partial charge in [-0.2, -0.15) is 17.7 Å². The van der Waals surface area contributed by atoms with Gasteiger partial charge in [-0.25, -0.2) is 0 Å². The van der Waals surface area contributed by atoms with Gasteiger partial charge in [-0.05, 0) is 31.2 Å². The number of aryl methyl sites for hydroxylation is 2. The standard InChI is InChI=1S/C13H15F3N2O/c14-13(15,16)9-17-12(19)8-18-6-5-10-3-1-2-4-11(10)7-18/h5-7H,1-4,8-9H2/p+1. The molecule has 0 aromatic carbocycles. The fraction of sp³-hybridized carbons (Fsp3) is 0.538. The first kappa shape index (κ1) is 13.8. The molecule has 1 heterocycles. The third-order valence-corrected chi connectivity index (χ3v) is 3.16. The fourth-order valence-electron chi connectivity index (χ4n) is 2.24. The van der Waals surface area contributed by atoms with Crippen LogP contribution in [0.2, 0.25) is 0 Å². The van der Waals surface area contributed by atoms with E-state index in [0.717, 1.165) is 19.3 Å². The molecule has 0 radical (unpaired) electrons. The van der Waals surface area contributed by atoms with E-state index in [4.69, 9.17) is 0 Å². The highest BCUT2D eigenvalue weighted by Gasteiger charge is 2.28. The van der Waals surface area contributed by atoms with Gasteiger partial charge in [-0.1, -0.05) is 0 Å². The number of alkyl halides is 3. The second-order valence-corrected chi connectivity index (χ2v) is 4.77. The number of pyridine rings is 1. The molecule has 3 nitrogen and oxygen atoms in total. The van der Waals surface area contributed by atoms with Crippen molar-refractivity contribution in [2.24, 2.45) is 0 Å². The minimum atomic E-state index is -4.36. The number of halogens is 3. The van der Waals surface area contributed by atoms with E-state index in [1.165, 1.54) is 17.5 Å². The molecular formula is C13H16F3N2O+. The quantitative estimate of drug-likeness (QED) is 0.832. The molecule has 1 aliphatic carbocycles. The first-order valence-corrected chi connectivity index (χ1v) is 6.28. The Morgan fingerprint density at radius 2 is 1.95 bits per heavy atom. The summed E-state index contributed by atoms with van der Waals surface area (Å²) in [6.07, 6.45) is 3.55. The van der Waals surface area contributed by atoms with Crippen molar-refractivity contribution in [3.05, 3.63) is 29.6 Å². The number of nitrogens with zero attached hydrogens (tertiary/aromatic N) is 1. The summed E-state index contributed by atoms with van der Waals surface area (Å²) < 4.78 is 37.5. The smallest absolute Gasteiger partial charge is 0.341 e. The number of hydrogen-bond donors (Lipinski definition) is 1. The first-order chi connectivity index (χ1) is 8.94. The van der Waals surface area contributed by atoms with E-state index in [1.54, 1.807) is 10.8 Å². The second kappa shape index (κ2) is 5.59. The molecule has 19 heavy (non-hydrogen) atoms. The van der Waals surface area contributed by atoms with Crippen molar-refractivity contribution in [2.75, 3.05) is 6.54 Å². The Kier molecular flexibility index (Phi) is 4.07. The molecule has 0 unspecified atom stereocenters. The Morgan fingerprint density at radius 3 is 2.63 bits per heavy atom.